The van der Waals surface area contributed by atoms with Gasteiger partial charge in [-0.15, -0.1) is 0 Å². The molecule has 0 N–H and O–H groups in total. The molecule has 4 rings (SSSR count). The average molecular weight is 318 g/mol. The molecule has 22 heavy (non-hydrogen) atoms. The van der Waals surface area contributed by atoms with E-state index in [-0.39, 0.29) is 5.82 Å². The molecule has 0 aliphatic carbocycles. The molecule has 3 heterocycles. The van der Waals surface area contributed by atoms with Gasteiger partial charge >= 0.3 is 0 Å². The maximum absolute atomic E-state index is 13.9. The average Bonchev–Trinajstić information content (AvgIpc) is 3.10. The van der Waals surface area contributed by atoms with E-state index in [0.717, 1.165) is 31.1 Å². The highest BCUT2D eigenvalue weighted by Crippen LogP contribution is 2.35. The Labute approximate surface area is 134 Å². The summed E-state index contributed by atoms with van der Waals surface area (Å²) in [4.78, 5) is 8.82. The zero-order valence-electron chi connectivity index (χ0n) is 12.1. The lowest BCUT2D eigenvalue weighted by Gasteiger charge is -2.35. The van der Waals surface area contributed by atoms with E-state index in [0.29, 0.717) is 17.9 Å². The molecule has 0 radical (unpaired) electrons. The van der Waals surface area contributed by atoms with Gasteiger partial charge in [0.2, 0.25) is 0 Å². The Morgan fingerprint density at radius 1 is 1.14 bits per heavy atom. The van der Waals surface area contributed by atoms with Gasteiger partial charge in [0, 0.05) is 42.9 Å². The fraction of sp³-hybridized carbons (Fsp3) is 0.353. The van der Waals surface area contributed by atoms with Gasteiger partial charge in [0.25, 0.3) is 0 Å². The van der Waals surface area contributed by atoms with Crippen LogP contribution in [-0.2, 0) is 6.54 Å². The van der Waals surface area contributed by atoms with Crippen molar-refractivity contribution in [2.45, 2.75) is 25.0 Å². The lowest BCUT2D eigenvalue weighted by molar-refractivity contribution is 0.229. The van der Waals surface area contributed by atoms with Crippen LogP contribution in [0.2, 0.25) is 5.02 Å². The summed E-state index contributed by atoms with van der Waals surface area (Å²) in [5, 5.41) is 0.767. The number of aromatic nitrogens is 1. The van der Waals surface area contributed by atoms with Crippen molar-refractivity contribution in [1.82, 2.24) is 9.88 Å². The second-order valence-electron chi connectivity index (χ2n) is 6.06. The predicted molar refractivity (Wildman–Crippen MR) is 85.6 cm³/mol. The van der Waals surface area contributed by atoms with Crippen LogP contribution in [0, 0.1) is 5.82 Å². The van der Waals surface area contributed by atoms with Crippen molar-refractivity contribution >= 4 is 17.4 Å². The van der Waals surface area contributed by atoms with Crippen LogP contribution < -0.4 is 4.90 Å². The van der Waals surface area contributed by atoms with E-state index in [2.05, 4.69) is 26.9 Å². The fourth-order valence-corrected chi connectivity index (χ4v) is 3.74. The van der Waals surface area contributed by atoms with Gasteiger partial charge in [-0.3, -0.25) is 4.90 Å². The van der Waals surface area contributed by atoms with Crippen molar-refractivity contribution < 1.29 is 4.39 Å². The van der Waals surface area contributed by atoms with Gasteiger partial charge in [-0.25, -0.2) is 9.37 Å². The first-order chi connectivity index (χ1) is 10.7. The van der Waals surface area contributed by atoms with Gasteiger partial charge in [-0.2, -0.15) is 0 Å². The Kier molecular flexibility index (Phi) is 3.51. The van der Waals surface area contributed by atoms with Gasteiger partial charge in [-0.05, 0) is 36.2 Å². The van der Waals surface area contributed by atoms with Crippen LogP contribution in [0.5, 0.6) is 0 Å². The van der Waals surface area contributed by atoms with Crippen molar-refractivity contribution in [1.29, 1.82) is 0 Å². The molecule has 0 saturated carbocycles. The lowest BCUT2D eigenvalue weighted by atomic mass is 10.2. The van der Waals surface area contributed by atoms with E-state index in [1.165, 1.54) is 11.6 Å². The molecule has 2 atom stereocenters. The van der Waals surface area contributed by atoms with E-state index in [1.807, 2.05) is 12.1 Å². The molecule has 0 spiro atoms. The van der Waals surface area contributed by atoms with Crippen LogP contribution >= 0.6 is 11.6 Å². The number of halogens is 2. The number of benzene rings is 1. The third-order valence-electron chi connectivity index (χ3n) is 4.66. The molecule has 114 valence electrons. The third-order valence-corrected chi connectivity index (χ3v) is 4.92. The number of likely N-dealkylation sites (tertiary alicyclic amines) is 1. The number of nitrogens with zero attached hydrogens (tertiary/aromatic N) is 3. The molecule has 3 nitrogen and oxygen atoms in total. The molecule has 2 saturated heterocycles. The summed E-state index contributed by atoms with van der Waals surface area (Å²) in [7, 11) is 0. The Balaban J connectivity index is 1.46. The molecule has 2 aliphatic rings. The first-order valence-corrected chi connectivity index (χ1v) is 7.94. The second-order valence-corrected chi connectivity index (χ2v) is 6.50. The van der Waals surface area contributed by atoms with Crippen molar-refractivity contribution in [3.05, 3.63) is 59.0 Å². The Bertz CT molecular complexity index is 676. The molecule has 0 amide bonds. The van der Waals surface area contributed by atoms with Crippen molar-refractivity contribution in [2.75, 3.05) is 18.0 Å². The maximum Gasteiger partial charge on any atom is 0.165 e. The normalized spacial score (nSPS) is 24.2. The number of hydrogen-bond donors (Lipinski definition) is 0. The zero-order valence-corrected chi connectivity index (χ0v) is 12.9. The Morgan fingerprint density at radius 2 is 1.95 bits per heavy atom. The highest BCUT2D eigenvalue weighted by atomic mass is 35.5. The van der Waals surface area contributed by atoms with Crippen molar-refractivity contribution in [3.63, 3.8) is 0 Å². The molecule has 1 aromatic carbocycles. The number of rotatable bonds is 3. The summed E-state index contributed by atoms with van der Waals surface area (Å²) in [6.45, 7) is 2.74. The quantitative estimate of drug-likeness (QED) is 0.865. The summed E-state index contributed by atoms with van der Waals surface area (Å²) in [6.07, 6.45) is 2.75. The molecule has 2 aliphatic heterocycles. The molecule has 2 bridgehead atoms. The summed E-state index contributed by atoms with van der Waals surface area (Å²) < 4.78 is 13.9. The summed E-state index contributed by atoms with van der Waals surface area (Å²) in [5.41, 5.74) is 1.27. The lowest BCUT2D eigenvalue weighted by Crippen LogP contribution is -2.46. The molecular weight excluding hydrogens is 301 g/mol. The van der Waals surface area contributed by atoms with Crippen LogP contribution in [0.15, 0.2) is 42.6 Å². The van der Waals surface area contributed by atoms with Gasteiger partial charge in [-0.1, -0.05) is 23.7 Å². The van der Waals surface area contributed by atoms with Crippen molar-refractivity contribution in [2.24, 2.45) is 0 Å². The van der Waals surface area contributed by atoms with Gasteiger partial charge in [0.1, 0.15) is 0 Å². The van der Waals surface area contributed by atoms with E-state index in [9.17, 15) is 4.39 Å². The largest absolute Gasteiger partial charge is 0.348 e. The molecule has 2 fully saturated rings. The van der Waals surface area contributed by atoms with Crippen LogP contribution in [0.25, 0.3) is 0 Å². The predicted octanol–water partition coefficient (Wildman–Crippen LogP) is 3.34. The standard InChI is InChI=1S/C17H17ClFN3/c18-13-5-3-12(4-6-13)9-21-10-15-8-14(21)11-22(15)17-16(19)2-1-7-20-17/h1-7,14-15H,8-11H2. The van der Waals surface area contributed by atoms with E-state index < -0.39 is 0 Å². The summed E-state index contributed by atoms with van der Waals surface area (Å²) in [5.74, 6) is 0.278. The maximum atomic E-state index is 13.9. The number of anilines is 1. The highest BCUT2D eigenvalue weighted by molar-refractivity contribution is 6.30. The second kappa shape index (κ2) is 5.52. The van der Waals surface area contributed by atoms with Crippen LogP contribution in [0.1, 0.15) is 12.0 Å². The molecule has 5 heteroatoms. The van der Waals surface area contributed by atoms with Gasteiger partial charge in [0.15, 0.2) is 11.6 Å². The van der Waals surface area contributed by atoms with E-state index in [4.69, 9.17) is 11.6 Å². The van der Waals surface area contributed by atoms with Gasteiger partial charge < -0.3 is 4.90 Å². The third kappa shape index (κ3) is 2.46. The monoisotopic (exact) mass is 317 g/mol. The number of pyridine rings is 1. The summed E-state index contributed by atoms with van der Waals surface area (Å²) in [6, 6.07) is 12.0. The minimum atomic E-state index is -0.223. The number of piperazine rings is 1. The SMILES string of the molecule is Fc1cccnc1N1CC2CC1CN2Cc1ccc(Cl)cc1. The van der Waals surface area contributed by atoms with Crippen LogP contribution in [0.4, 0.5) is 10.2 Å². The molecule has 2 unspecified atom stereocenters. The first-order valence-electron chi connectivity index (χ1n) is 7.56. The zero-order chi connectivity index (χ0) is 15.1. The topological polar surface area (TPSA) is 19.4 Å². The van der Waals surface area contributed by atoms with Crippen LogP contribution in [0.3, 0.4) is 0 Å². The number of hydrogen-bond acceptors (Lipinski definition) is 3. The number of fused-ring (bicyclic) bond motifs is 2. The first kappa shape index (κ1) is 14.0. The summed E-state index contributed by atoms with van der Waals surface area (Å²) >= 11 is 5.93. The minimum Gasteiger partial charge on any atom is -0.348 e. The fourth-order valence-electron chi connectivity index (χ4n) is 3.62. The highest BCUT2D eigenvalue weighted by Gasteiger charge is 2.44. The Hall–Kier alpha value is -1.65. The van der Waals surface area contributed by atoms with E-state index in [1.54, 1.807) is 12.3 Å². The molecule has 2 aromatic rings. The van der Waals surface area contributed by atoms with E-state index >= 15 is 0 Å². The Morgan fingerprint density at radius 3 is 2.64 bits per heavy atom. The van der Waals surface area contributed by atoms with Crippen molar-refractivity contribution in [3.8, 4) is 0 Å². The smallest absolute Gasteiger partial charge is 0.165 e. The molecular formula is C17H17ClFN3. The molecule has 1 aromatic heterocycles. The minimum absolute atomic E-state index is 0.223. The van der Waals surface area contributed by atoms with Crippen LogP contribution in [-0.4, -0.2) is 35.1 Å². The van der Waals surface area contributed by atoms with Gasteiger partial charge in [0.05, 0.1) is 0 Å².